The number of carbonyl (C=O) groups excluding carboxylic acids is 1. The van der Waals surface area contributed by atoms with Crippen molar-refractivity contribution < 1.29 is 4.79 Å². The van der Waals surface area contributed by atoms with Crippen molar-refractivity contribution in [3.63, 3.8) is 0 Å². The number of hydrogen-bond donors (Lipinski definition) is 0. The van der Waals surface area contributed by atoms with Gasteiger partial charge in [0, 0.05) is 10.6 Å². The minimum atomic E-state index is 0.621. The van der Waals surface area contributed by atoms with E-state index in [1.54, 1.807) is 6.07 Å². The van der Waals surface area contributed by atoms with Gasteiger partial charge in [0.2, 0.25) is 0 Å². The molecule has 0 radical (unpaired) electrons. The summed E-state index contributed by atoms with van der Waals surface area (Å²) in [6.07, 6.45) is 0.828. The average molecular weight is 169 g/mol. The summed E-state index contributed by atoms with van der Waals surface area (Å²) in [5, 5.41) is 0.621. The topological polar surface area (TPSA) is 17.1 Å². The van der Waals surface area contributed by atoms with Crippen LogP contribution in [0.15, 0.2) is 12.1 Å². The van der Waals surface area contributed by atoms with Crippen LogP contribution in [-0.2, 0) is 0 Å². The Balaban J connectivity index is 3.35. The molecule has 0 unspecified atom stereocenters. The van der Waals surface area contributed by atoms with Crippen molar-refractivity contribution in [2.24, 2.45) is 0 Å². The Bertz CT molecular complexity index is 292. The maximum Gasteiger partial charge on any atom is 0.150 e. The van der Waals surface area contributed by atoms with E-state index in [4.69, 9.17) is 11.6 Å². The predicted octanol–water partition coefficient (Wildman–Crippen LogP) is 2.77. The van der Waals surface area contributed by atoms with E-state index in [1.807, 2.05) is 19.9 Å². The molecule has 0 aromatic heterocycles. The highest BCUT2D eigenvalue weighted by molar-refractivity contribution is 6.31. The summed E-state index contributed by atoms with van der Waals surface area (Å²) < 4.78 is 0. The van der Waals surface area contributed by atoms with Crippen molar-refractivity contribution in [2.75, 3.05) is 0 Å². The first kappa shape index (κ1) is 8.28. The smallest absolute Gasteiger partial charge is 0.150 e. The molecule has 58 valence electrons. The lowest BCUT2D eigenvalue weighted by molar-refractivity contribution is 0.112. The molecule has 11 heavy (non-hydrogen) atoms. The summed E-state index contributed by atoms with van der Waals surface area (Å²) in [4.78, 5) is 10.5. The molecule has 0 spiro atoms. The molecular formula is C9H9ClO. The Labute approximate surface area is 71.0 Å². The van der Waals surface area contributed by atoms with E-state index in [2.05, 4.69) is 0 Å². The monoisotopic (exact) mass is 168 g/mol. The fraction of sp³-hybridized carbons (Fsp3) is 0.222. The lowest BCUT2D eigenvalue weighted by Gasteiger charge is -2.02. The van der Waals surface area contributed by atoms with Crippen molar-refractivity contribution in [1.82, 2.24) is 0 Å². The van der Waals surface area contributed by atoms with Gasteiger partial charge < -0.3 is 0 Å². The minimum absolute atomic E-state index is 0.621. The summed E-state index contributed by atoms with van der Waals surface area (Å²) >= 11 is 5.74. The van der Waals surface area contributed by atoms with Gasteiger partial charge in [0.15, 0.2) is 0 Å². The molecule has 0 aliphatic rings. The van der Waals surface area contributed by atoms with Gasteiger partial charge in [0.05, 0.1) is 0 Å². The van der Waals surface area contributed by atoms with Gasteiger partial charge in [-0.1, -0.05) is 11.6 Å². The first-order valence-electron chi connectivity index (χ1n) is 3.37. The van der Waals surface area contributed by atoms with Crippen LogP contribution in [0.1, 0.15) is 21.5 Å². The van der Waals surface area contributed by atoms with Crippen LogP contribution in [0.3, 0.4) is 0 Å². The number of hydrogen-bond acceptors (Lipinski definition) is 1. The van der Waals surface area contributed by atoms with Crippen molar-refractivity contribution in [3.05, 3.63) is 33.8 Å². The summed E-state index contributed by atoms with van der Waals surface area (Å²) in [5.41, 5.74) is 2.74. The van der Waals surface area contributed by atoms with Gasteiger partial charge in [-0.3, -0.25) is 4.79 Å². The Morgan fingerprint density at radius 1 is 1.36 bits per heavy atom. The second-order valence-corrected chi connectivity index (χ2v) is 2.99. The third kappa shape index (κ3) is 1.60. The summed E-state index contributed by atoms with van der Waals surface area (Å²) in [6, 6.07) is 3.53. The van der Waals surface area contributed by atoms with Crippen LogP contribution in [0.2, 0.25) is 5.02 Å². The van der Waals surface area contributed by atoms with Crippen LogP contribution in [-0.4, -0.2) is 6.29 Å². The molecule has 0 amide bonds. The van der Waals surface area contributed by atoms with Crippen LogP contribution >= 0.6 is 11.6 Å². The number of halogens is 1. The van der Waals surface area contributed by atoms with Gasteiger partial charge in [-0.15, -0.1) is 0 Å². The number of carbonyl (C=O) groups is 1. The van der Waals surface area contributed by atoms with E-state index in [0.29, 0.717) is 10.6 Å². The maximum atomic E-state index is 10.5. The number of benzene rings is 1. The predicted molar refractivity (Wildman–Crippen MR) is 46.3 cm³/mol. The Hall–Kier alpha value is -0.820. The quantitative estimate of drug-likeness (QED) is 0.590. The molecule has 0 bridgehead atoms. The van der Waals surface area contributed by atoms with Crippen LogP contribution < -0.4 is 0 Å². The Morgan fingerprint density at radius 3 is 2.55 bits per heavy atom. The standard InChI is InChI=1S/C9H9ClO/c1-6-3-9(10)4-8(5-11)7(6)2/h3-5H,1-2H3. The number of aldehydes is 1. The summed E-state index contributed by atoms with van der Waals surface area (Å²) in [5.74, 6) is 0. The van der Waals surface area contributed by atoms with E-state index in [-0.39, 0.29) is 0 Å². The first-order chi connectivity index (χ1) is 5.15. The molecule has 0 heterocycles. The molecule has 0 fully saturated rings. The fourth-order valence-corrected chi connectivity index (χ4v) is 1.24. The van der Waals surface area contributed by atoms with E-state index >= 15 is 0 Å². The van der Waals surface area contributed by atoms with Crippen LogP contribution in [0.25, 0.3) is 0 Å². The zero-order valence-corrected chi connectivity index (χ0v) is 7.27. The molecular weight excluding hydrogens is 160 g/mol. The normalized spacial score (nSPS) is 9.73. The molecule has 0 saturated carbocycles. The zero-order valence-electron chi connectivity index (χ0n) is 6.52. The molecule has 1 nitrogen and oxygen atoms in total. The number of rotatable bonds is 1. The highest BCUT2D eigenvalue weighted by Gasteiger charge is 2.00. The van der Waals surface area contributed by atoms with Crippen LogP contribution in [0.4, 0.5) is 0 Å². The second-order valence-electron chi connectivity index (χ2n) is 2.55. The lowest BCUT2D eigenvalue weighted by Crippen LogP contribution is -1.89. The van der Waals surface area contributed by atoms with Gasteiger partial charge in [-0.05, 0) is 37.1 Å². The molecule has 0 saturated heterocycles. The molecule has 0 aliphatic heterocycles. The maximum absolute atomic E-state index is 10.5. The van der Waals surface area contributed by atoms with Crippen molar-refractivity contribution in [3.8, 4) is 0 Å². The van der Waals surface area contributed by atoms with E-state index < -0.39 is 0 Å². The molecule has 0 aliphatic carbocycles. The number of aryl methyl sites for hydroxylation is 1. The highest BCUT2D eigenvalue weighted by atomic mass is 35.5. The Kier molecular flexibility index (Phi) is 2.30. The van der Waals surface area contributed by atoms with Crippen molar-refractivity contribution in [2.45, 2.75) is 13.8 Å². The highest BCUT2D eigenvalue weighted by Crippen LogP contribution is 2.18. The van der Waals surface area contributed by atoms with Gasteiger partial charge in [-0.2, -0.15) is 0 Å². The molecule has 1 aromatic rings. The molecule has 0 N–H and O–H groups in total. The summed E-state index contributed by atoms with van der Waals surface area (Å²) in [6.45, 7) is 3.85. The van der Waals surface area contributed by atoms with Crippen LogP contribution in [0, 0.1) is 13.8 Å². The van der Waals surface area contributed by atoms with Crippen LogP contribution in [0.5, 0.6) is 0 Å². The van der Waals surface area contributed by atoms with Gasteiger partial charge in [0.1, 0.15) is 6.29 Å². The van der Waals surface area contributed by atoms with Gasteiger partial charge in [0.25, 0.3) is 0 Å². The average Bonchev–Trinajstić information content (AvgIpc) is 1.96. The van der Waals surface area contributed by atoms with E-state index in [0.717, 1.165) is 17.4 Å². The zero-order chi connectivity index (χ0) is 8.43. The van der Waals surface area contributed by atoms with E-state index in [1.165, 1.54) is 0 Å². The molecule has 2 heteroatoms. The third-order valence-corrected chi connectivity index (χ3v) is 2.02. The lowest BCUT2D eigenvalue weighted by atomic mass is 10.0. The van der Waals surface area contributed by atoms with Gasteiger partial charge in [-0.25, -0.2) is 0 Å². The summed E-state index contributed by atoms with van der Waals surface area (Å²) in [7, 11) is 0. The van der Waals surface area contributed by atoms with Gasteiger partial charge >= 0.3 is 0 Å². The fourth-order valence-electron chi connectivity index (χ4n) is 0.964. The first-order valence-corrected chi connectivity index (χ1v) is 3.75. The second kappa shape index (κ2) is 3.05. The largest absolute Gasteiger partial charge is 0.298 e. The Morgan fingerprint density at radius 2 is 2.00 bits per heavy atom. The van der Waals surface area contributed by atoms with Crippen molar-refractivity contribution in [1.29, 1.82) is 0 Å². The molecule has 0 atom stereocenters. The molecule has 1 aromatic carbocycles. The van der Waals surface area contributed by atoms with E-state index in [9.17, 15) is 4.79 Å². The van der Waals surface area contributed by atoms with Crippen molar-refractivity contribution >= 4 is 17.9 Å². The third-order valence-electron chi connectivity index (χ3n) is 1.80. The SMILES string of the molecule is Cc1cc(Cl)cc(C=O)c1C. The minimum Gasteiger partial charge on any atom is -0.298 e. The molecule has 1 rings (SSSR count).